The van der Waals surface area contributed by atoms with Gasteiger partial charge in [0.2, 0.25) is 0 Å². The fraction of sp³-hybridized carbons (Fsp3) is 0.857. The lowest BCUT2D eigenvalue weighted by atomic mass is 9.98. The van der Waals surface area contributed by atoms with E-state index in [0.29, 0.717) is 12.3 Å². The van der Waals surface area contributed by atoms with Crippen molar-refractivity contribution >= 4 is 12.0 Å². The summed E-state index contributed by atoms with van der Waals surface area (Å²) in [6, 6.07) is -0.618. The number of hydrogen-bond donors (Lipinski definition) is 2. The Morgan fingerprint density at radius 2 is 1.85 bits per heavy atom. The molecule has 6 heteroatoms. The second-order valence-corrected chi connectivity index (χ2v) is 6.26. The van der Waals surface area contributed by atoms with Crippen LogP contribution in [0.1, 0.15) is 52.9 Å². The molecule has 0 unspecified atom stereocenters. The molecule has 0 aliphatic heterocycles. The number of carbonyl (C=O) groups is 2. The highest BCUT2D eigenvalue weighted by Crippen LogP contribution is 2.28. The summed E-state index contributed by atoms with van der Waals surface area (Å²) in [6.07, 6.45) is 4.63. The first-order chi connectivity index (χ1) is 9.31. The number of rotatable bonds is 5. The fourth-order valence-corrected chi connectivity index (χ4v) is 2.43. The van der Waals surface area contributed by atoms with Crippen LogP contribution in [0.25, 0.3) is 0 Å². The van der Waals surface area contributed by atoms with Crippen LogP contribution in [-0.4, -0.2) is 30.8 Å². The number of hydrogen-bond acceptors (Lipinski definition) is 4. The Kier molecular flexibility index (Phi) is 6.26. The summed E-state index contributed by atoms with van der Waals surface area (Å²) in [5.74, 6) is 0.128. The van der Waals surface area contributed by atoms with Crippen LogP contribution in [0.4, 0.5) is 4.79 Å². The smallest absolute Gasteiger partial charge is 0.408 e. The number of alkyl carbamates (subject to hydrolysis) is 1. The lowest BCUT2D eigenvalue weighted by Crippen LogP contribution is -2.48. The Morgan fingerprint density at radius 1 is 1.25 bits per heavy atom. The molecule has 0 radical (unpaired) electrons. The zero-order chi connectivity index (χ0) is 15.2. The summed E-state index contributed by atoms with van der Waals surface area (Å²) in [5, 5.41) is 2.63. The van der Waals surface area contributed by atoms with E-state index in [1.54, 1.807) is 20.8 Å². The lowest BCUT2D eigenvalue weighted by molar-refractivity contribution is -0.134. The van der Waals surface area contributed by atoms with Gasteiger partial charge in [0.15, 0.2) is 0 Å². The standard InChI is InChI=1S/C14H26N2O4/c1-14(2,3)20-13(18)15-11(12(17)16-19-4)9-10-7-5-6-8-10/h10-11H,5-9H2,1-4H3,(H,15,18)(H,16,17)/t11-/m0/s1. The van der Waals surface area contributed by atoms with Gasteiger partial charge >= 0.3 is 6.09 Å². The number of ether oxygens (including phenoxy) is 1. The maximum absolute atomic E-state index is 11.9. The van der Waals surface area contributed by atoms with Crippen molar-refractivity contribution in [2.45, 2.75) is 64.5 Å². The van der Waals surface area contributed by atoms with Gasteiger partial charge in [0.1, 0.15) is 11.6 Å². The summed E-state index contributed by atoms with van der Waals surface area (Å²) >= 11 is 0. The van der Waals surface area contributed by atoms with Crippen LogP contribution in [0, 0.1) is 5.92 Å². The first-order valence-electron chi connectivity index (χ1n) is 7.14. The number of nitrogens with one attached hydrogen (secondary N) is 2. The molecule has 0 aromatic rings. The molecular formula is C14H26N2O4. The van der Waals surface area contributed by atoms with Gasteiger partial charge in [0.05, 0.1) is 7.11 Å². The molecule has 116 valence electrons. The second kappa shape index (κ2) is 7.47. The minimum Gasteiger partial charge on any atom is -0.444 e. The van der Waals surface area contributed by atoms with Crippen molar-refractivity contribution in [2.24, 2.45) is 5.92 Å². The van der Waals surface area contributed by atoms with Crippen LogP contribution >= 0.6 is 0 Å². The summed E-state index contributed by atoms with van der Waals surface area (Å²) in [4.78, 5) is 28.4. The molecule has 0 heterocycles. The topological polar surface area (TPSA) is 76.7 Å². The molecule has 2 N–H and O–H groups in total. The third-order valence-electron chi connectivity index (χ3n) is 3.25. The molecule has 1 fully saturated rings. The van der Waals surface area contributed by atoms with Gasteiger partial charge < -0.3 is 10.1 Å². The first kappa shape index (κ1) is 16.8. The third-order valence-corrected chi connectivity index (χ3v) is 3.25. The number of carbonyl (C=O) groups excluding carboxylic acids is 2. The van der Waals surface area contributed by atoms with E-state index in [4.69, 9.17) is 4.74 Å². The average molecular weight is 286 g/mol. The van der Waals surface area contributed by atoms with Crippen LogP contribution in [0.2, 0.25) is 0 Å². The van der Waals surface area contributed by atoms with Gasteiger partial charge in [0, 0.05) is 0 Å². The largest absolute Gasteiger partial charge is 0.444 e. The highest BCUT2D eigenvalue weighted by atomic mass is 16.6. The van der Waals surface area contributed by atoms with Gasteiger partial charge in [0.25, 0.3) is 5.91 Å². The van der Waals surface area contributed by atoms with E-state index in [0.717, 1.165) is 12.8 Å². The molecule has 20 heavy (non-hydrogen) atoms. The van der Waals surface area contributed by atoms with Crippen molar-refractivity contribution in [1.29, 1.82) is 0 Å². The summed E-state index contributed by atoms with van der Waals surface area (Å²) < 4.78 is 5.19. The highest BCUT2D eigenvalue weighted by Gasteiger charge is 2.28. The van der Waals surface area contributed by atoms with Crippen molar-refractivity contribution in [3.63, 3.8) is 0 Å². The van der Waals surface area contributed by atoms with Gasteiger partial charge in [-0.05, 0) is 33.1 Å². The Balaban J connectivity index is 2.56. The molecular weight excluding hydrogens is 260 g/mol. The molecule has 6 nitrogen and oxygen atoms in total. The number of amides is 2. The van der Waals surface area contributed by atoms with Crippen LogP contribution in [0.5, 0.6) is 0 Å². The van der Waals surface area contributed by atoms with Crippen molar-refractivity contribution in [1.82, 2.24) is 10.8 Å². The van der Waals surface area contributed by atoms with Crippen LogP contribution in [-0.2, 0) is 14.4 Å². The number of hydroxylamine groups is 1. The molecule has 2 amide bonds. The summed E-state index contributed by atoms with van der Waals surface area (Å²) in [5.41, 5.74) is 1.69. The molecule has 0 aromatic heterocycles. The zero-order valence-corrected chi connectivity index (χ0v) is 12.8. The molecule has 0 spiro atoms. The van der Waals surface area contributed by atoms with Crippen molar-refractivity contribution in [2.75, 3.05) is 7.11 Å². The van der Waals surface area contributed by atoms with Gasteiger partial charge in [-0.2, -0.15) is 0 Å². The Hall–Kier alpha value is -1.30. The van der Waals surface area contributed by atoms with Gasteiger partial charge in [-0.3, -0.25) is 9.63 Å². The minimum absolute atomic E-state index is 0.342. The molecule has 1 atom stereocenters. The quantitative estimate of drug-likeness (QED) is 0.759. The first-order valence-corrected chi connectivity index (χ1v) is 7.14. The van der Waals surface area contributed by atoms with Crippen LogP contribution in [0.15, 0.2) is 0 Å². The van der Waals surface area contributed by atoms with Crippen LogP contribution in [0.3, 0.4) is 0 Å². The SMILES string of the molecule is CONC(=O)[C@H](CC1CCCC1)NC(=O)OC(C)(C)C. The Morgan fingerprint density at radius 3 is 2.35 bits per heavy atom. The predicted molar refractivity (Wildman–Crippen MR) is 74.9 cm³/mol. The van der Waals surface area contributed by atoms with Crippen molar-refractivity contribution in [3.05, 3.63) is 0 Å². The van der Waals surface area contributed by atoms with Gasteiger partial charge in [-0.1, -0.05) is 25.7 Å². The zero-order valence-electron chi connectivity index (χ0n) is 12.8. The highest BCUT2D eigenvalue weighted by molar-refractivity contribution is 5.84. The lowest BCUT2D eigenvalue weighted by Gasteiger charge is -2.24. The van der Waals surface area contributed by atoms with E-state index in [1.807, 2.05) is 0 Å². The molecule has 1 aliphatic carbocycles. The van der Waals surface area contributed by atoms with Crippen molar-refractivity contribution < 1.29 is 19.2 Å². The van der Waals surface area contributed by atoms with Gasteiger partial charge in [-0.25, -0.2) is 10.3 Å². The van der Waals surface area contributed by atoms with E-state index < -0.39 is 17.7 Å². The van der Waals surface area contributed by atoms with E-state index in [2.05, 4.69) is 15.6 Å². The Labute approximate surface area is 120 Å². The third kappa shape index (κ3) is 6.23. The molecule has 1 saturated carbocycles. The maximum Gasteiger partial charge on any atom is 0.408 e. The summed E-state index contributed by atoms with van der Waals surface area (Å²) in [7, 11) is 1.37. The van der Waals surface area contributed by atoms with E-state index in [-0.39, 0.29) is 5.91 Å². The molecule has 0 aromatic carbocycles. The molecule has 1 rings (SSSR count). The summed E-state index contributed by atoms with van der Waals surface area (Å²) in [6.45, 7) is 5.36. The minimum atomic E-state index is -0.618. The molecule has 0 saturated heterocycles. The molecule has 1 aliphatic rings. The average Bonchev–Trinajstić information content (AvgIpc) is 2.78. The molecule has 0 bridgehead atoms. The van der Waals surface area contributed by atoms with E-state index in [9.17, 15) is 9.59 Å². The van der Waals surface area contributed by atoms with Crippen molar-refractivity contribution in [3.8, 4) is 0 Å². The Bertz CT molecular complexity index is 333. The van der Waals surface area contributed by atoms with E-state index in [1.165, 1.54) is 20.0 Å². The fourth-order valence-electron chi connectivity index (χ4n) is 2.43. The van der Waals surface area contributed by atoms with Gasteiger partial charge in [-0.15, -0.1) is 0 Å². The normalized spacial score (nSPS) is 17.6. The second-order valence-electron chi connectivity index (χ2n) is 6.26. The van der Waals surface area contributed by atoms with Crippen LogP contribution < -0.4 is 10.8 Å². The monoisotopic (exact) mass is 286 g/mol. The van der Waals surface area contributed by atoms with E-state index >= 15 is 0 Å². The predicted octanol–water partition coefficient (Wildman–Crippen LogP) is 2.14. The maximum atomic E-state index is 11.9.